The zero-order chi connectivity index (χ0) is 18.2. The lowest BCUT2D eigenvalue weighted by Crippen LogP contribution is -2.43. The highest BCUT2D eigenvalue weighted by molar-refractivity contribution is 6.48. The van der Waals surface area contributed by atoms with Crippen LogP contribution in [0.1, 0.15) is 53.4 Å². The Morgan fingerprint density at radius 2 is 1.88 bits per heavy atom. The Balaban J connectivity index is 2.80. The number of hydrogen-bond acceptors (Lipinski definition) is 3. The highest BCUT2D eigenvalue weighted by Gasteiger charge is 2.38. The molecule has 0 spiro atoms. The molecule has 0 amide bonds. The first-order chi connectivity index (χ1) is 11.3. The van der Waals surface area contributed by atoms with Crippen LogP contribution in [0.5, 0.6) is 0 Å². The summed E-state index contributed by atoms with van der Waals surface area (Å²) >= 11 is 0. The normalized spacial score (nSPS) is 24.0. The van der Waals surface area contributed by atoms with Gasteiger partial charge in [-0.1, -0.05) is 51.8 Å². The predicted molar refractivity (Wildman–Crippen MR) is 104 cm³/mol. The second kappa shape index (κ2) is 10.2. The van der Waals surface area contributed by atoms with E-state index in [-0.39, 0.29) is 11.4 Å². The van der Waals surface area contributed by atoms with E-state index in [1.807, 2.05) is 13.0 Å². The summed E-state index contributed by atoms with van der Waals surface area (Å²) < 4.78 is 11.4. The monoisotopic (exact) mass is 352 g/mol. The summed E-state index contributed by atoms with van der Waals surface area (Å²) in [4.78, 5) is 11.4. The maximum atomic E-state index is 11.4. The van der Waals surface area contributed by atoms with Gasteiger partial charge in [-0.15, -0.1) is 0 Å². The van der Waals surface area contributed by atoms with Gasteiger partial charge in [-0.2, -0.15) is 0 Å². The number of allylic oxidation sites excluding steroid dienone is 3. The van der Waals surface area contributed by atoms with Crippen LogP contribution in [-0.2, 0) is 14.0 Å². The topological polar surface area (TPSA) is 35.5 Å². The molecule has 24 heavy (non-hydrogen) atoms. The van der Waals surface area contributed by atoms with Crippen molar-refractivity contribution in [2.75, 3.05) is 6.61 Å². The Labute approximate surface area is 150 Å². The van der Waals surface area contributed by atoms with Crippen molar-refractivity contribution in [3.8, 4) is 0 Å². The van der Waals surface area contributed by atoms with Gasteiger partial charge in [-0.05, 0) is 50.1 Å². The maximum Gasteiger partial charge on any atom is 0.330 e. The Morgan fingerprint density at radius 1 is 1.21 bits per heavy atom. The molecular weight excluding hydrogens is 316 g/mol. The zero-order valence-corrected chi connectivity index (χ0v) is 17.5. The second-order valence-electron chi connectivity index (χ2n) is 8.08. The molecule has 138 valence electrons. The quantitative estimate of drug-likeness (QED) is 0.283. The molecule has 3 nitrogen and oxygen atoms in total. The van der Waals surface area contributed by atoms with Gasteiger partial charge in [-0.25, -0.2) is 4.79 Å². The van der Waals surface area contributed by atoms with Crippen molar-refractivity contribution in [2.24, 2.45) is 17.3 Å². The standard InChI is InChI=1S/C20H36O3Si/c1-7-22-18(21)15-11-9-13-16-12-8-10-14-17(16)19(20(2,3)4)23-24(5)6/h9,11,13,15-17,19,24H,7-8,10,12,14H2,1-6H3. The minimum absolute atomic E-state index is 0.159. The van der Waals surface area contributed by atoms with Crippen LogP contribution in [-0.4, -0.2) is 27.7 Å². The Bertz CT molecular complexity index is 435. The summed E-state index contributed by atoms with van der Waals surface area (Å²) in [5.74, 6) is 0.826. The summed E-state index contributed by atoms with van der Waals surface area (Å²) in [5.41, 5.74) is 0.159. The number of ether oxygens (including phenoxy) is 1. The zero-order valence-electron chi connectivity index (χ0n) is 16.4. The average molecular weight is 353 g/mol. The summed E-state index contributed by atoms with van der Waals surface area (Å²) in [6.45, 7) is 13.6. The number of hydrogen-bond donors (Lipinski definition) is 0. The molecule has 1 aliphatic rings. The lowest BCUT2D eigenvalue weighted by Gasteiger charge is -2.43. The van der Waals surface area contributed by atoms with E-state index < -0.39 is 9.04 Å². The van der Waals surface area contributed by atoms with E-state index in [9.17, 15) is 4.79 Å². The van der Waals surface area contributed by atoms with Crippen LogP contribution in [0.4, 0.5) is 0 Å². The van der Waals surface area contributed by atoms with Crippen molar-refractivity contribution in [1.29, 1.82) is 0 Å². The third-order valence-corrected chi connectivity index (χ3v) is 5.36. The van der Waals surface area contributed by atoms with E-state index in [1.165, 1.54) is 31.8 Å². The van der Waals surface area contributed by atoms with Gasteiger partial charge in [0.25, 0.3) is 0 Å². The molecule has 0 saturated heterocycles. The van der Waals surface area contributed by atoms with Crippen LogP contribution >= 0.6 is 0 Å². The Morgan fingerprint density at radius 3 is 2.46 bits per heavy atom. The third-order valence-electron chi connectivity index (χ3n) is 4.52. The lowest BCUT2D eigenvalue weighted by atomic mass is 9.69. The molecule has 1 rings (SSSR count). The fourth-order valence-corrected chi connectivity index (χ4v) is 4.77. The van der Waals surface area contributed by atoms with Gasteiger partial charge in [0.1, 0.15) is 0 Å². The van der Waals surface area contributed by atoms with Crippen LogP contribution < -0.4 is 0 Å². The van der Waals surface area contributed by atoms with Crippen LogP contribution in [0.2, 0.25) is 13.1 Å². The number of rotatable bonds is 7. The maximum absolute atomic E-state index is 11.4. The van der Waals surface area contributed by atoms with Gasteiger partial charge in [-0.3, -0.25) is 0 Å². The molecule has 0 bridgehead atoms. The molecular formula is C20H36O3Si. The molecule has 0 radical (unpaired) electrons. The van der Waals surface area contributed by atoms with Crippen molar-refractivity contribution in [3.05, 3.63) is 24.3 Å². The first-order valence-corrected chi connectivity index (χ1v) is 12.2. The second-order valence-corrected chi connectivity index (χ2v) is 10.4. The van der Waals surface area contributed by atoms with Gasteiger partial charge in [0, 0.05) is 6.08 Å². The van der Waals surface area contributed by atoms with Gasteiger partial charge >= 0.3 is 5.97 Å². The van der Waals surface area contributed by atoms with E-state index in [1.54, 1.807) is 6.08 Å². The Hall–Kier alpha value is -0.873. The van der Waals surface area contributed by atoms with E-state index in [0.717, 1.165) is 0 Å². The van der Waals surface area contributed by atoms with Crippen LogP contribution in [0.15, 0.2) is 24.3 Å². The molecule has 0 aliphatic heterocycles. The first-order valence-electron chi connectivity index (χ1n) is 9.42. The lowest BCUT2D eigenvalue weighted by molar-refractivity contribution is -0.137. The molecule has 0 aromatic carbocycles. The molecule has 4 heteroatoms. The van der Waals surface area contributed by atoms with Crippen molar-refractivity contribution < 1.29 is 14.0 Å². The highest BCUT2D eigenvalue weighted by atomic mass is 28.3. The summed E-state index contributed by atoms with van der Waals surface area (Å²) in [6, 6.07) is 0. The van der Waals surface area contributed by atoms with Crippen LogP contribution in [0.25, 0.3) is 0 Å². The number of esters is 1. The molecule has 0 aromatic rings. The van der Waals surface area contributed by atoms with Gasteiger partial charge in [0.2, 0.25) is 0 Å². The van der Waals surface area contributed by atoms with E-state index >= 15 is 0 Å². The van der Waals surface area contributed by atoms with E-state index in [2.05, 4.69) is 39.9 Å². The summed E-state index contributed by atoms with van der Waals surface area (Å²) in [5, 5.41) is 0. The largest absolute Gasteiger partial charge is 0.463 e. The molecule has 1 saturated carbocycles. The molecule has 1 fully saturated rings. The Kier molecular flexibility index (Phi) is 8.99. The minimum Gasteiger partial charge on any atom is -0.463 e. The predicted octanol–water partition coefficient (Wildman–Crippen LogP) is 4.88. The minimum atomic E-state index is -1.08. The summed E-state index contributed by atoms with van der Waals surface area (Å²) in [6.07, 6.45) is 12.9. The van der Waals surface area contributed by atoms with Gasteiger partial charge < -0.3 is 9.16 Å². The van der Waals surface area contributed by atoms with Gasteiger partial charge in [0.15, 0.2) is 9.04 Å². The van der Waals surface area contributed by atoms with Crippen molar-refractivity contribution >= 4 is 15.0 Å². The third kappa shape index (κ3) is 7.35. The molecule has 0 heterocycles. The smallest absolute Gasteiger partial charge is 0.330 e. The molecule has 0 N–H and O–H groups in total. The summed E-state index contributed by atoms with van der Waals surface area (Å²) in [7, 11) is -1.08. The van der Waals surface area contributed by atoms with E-state index in [0.29, 0.717) is 24.5 Å². The van der Waals surface area contributed by atoms with Crippen molar-refractivity contribution in [2.45, 2.75) is 72.6 Å². The molecule has 1 aliphatic carbocycles. The van der Waals surface area contributed by atoms with Crippen molar-refractivity contribution in [1.82, 2.24) is 0 Å². The fourth-order valence-electron chi connectivity index (χ4n) is 3.57. The fraction of sp³-hybridized carbons (Fsp3) is 0.750. The van der Waals surface area contributed by atoms with Gasteiger partial charge in [0.05, 0.1) is 12.7 Å². The van der Waals surface area contributed by atoms with E-state index in [4.69, 9.17) is 9.16 Å². The van der Waals surface area contributed by atoms with Crippen LogP contribution in [0, 0.1) is 17.3 Å². The van der Waals surface area contributed by atoms with Crippen LogP contribution in [0.3, 0.4) is 0 Å². The number of carbonyl (C=O) groups is 1. The molecule has 3 unspecified atom stereocenters. The average Bonchev–Trinajstić information content (AvgIpc) is 2.49. The SMILES string of the molecule is CCOC(=O)C=CC=CC1CCCCC1C(O[SiH](C)C)C(C)(C)C. The highest BCUT2D eigenvalue weighted by Crippen LogP contribution is 2.41. The number of carbonyl (C=O) groups excluding carboxylic acids is 1. The molecule has 0 aromatic heterocycles. The molecule has 3 atom stereocenters. The van der Waals surface area contributed by atoms with Crippen molar-refractivity contribution in [3.63, 3.8) is 0 Å². The first kappa shape index (κ1) is 21.2.